The lowest BCUT2D eigenvalue weighted by atomic mass is 10.1. The molecule has 1 amide bonds. The van der Waals surface area contributed by atoms with Gasteiger partial charge in [0.25, 0.3) is 5.91 Å². The number of ether oxygens (including phenoxy) is 2. The Bertz CT molecular complexity index is 848. The first-order valence-electron chi connectivity index (χ1n) is 7.54. The number of hydrogen-bond acceptors (Lipinski definition) is 4. The van der Waals surface area contributed by atoms with Gasteiger partial charge in [-0.3, -0.25) is 4.79 Å². The lowest BCUT2D eigenvalue weighted by Gasteiger charge is -2.08. The van der Waals surface area contributed by atoms with Gasteiger partial charge in [0.05, 0.1) is 23.2 Å². The van der Waals surface area contributed by atoms with Crippen LogP contribution in [0.3, 0.4) is 0 Å². The van der Waals surface area contributed by atoms with Crippen molar-refractivity contribution in [2.75, 3.05) is 14.2 Å². The molecule has 1 N–H and O–H groups in total. The van der Waals surface area contributed by atoms with E-state index in [-0.39, 0.29) is 5.57 Å². The zero-order valence-corrected chi connectivity index (χ0v) is 17.3. The smallest absolute Gasteiger partial charge is 0.262 e. The summed E-state index contributed by atoms with van der Waals surface area (Å²) in [5, 5.41) is 12.1. The maximum atomic E-state index is 12.3. The first-order valence-corrected chi connectivity index (χ1v) is 9.13. The van der Waals surface area contributed by atoms with Crippen molar-refractivity contribution in [1.82, 2.24) is 5.32 Å². The van der Waals surface area contributed by atoms with Crippen molar-refractivity contribution in [2.45, 2.75) is 6.54 Å². The topological polar surface area (TPSA) is 71.3 Å². The van der Waals surface area contributed by atoms with Gasteiger partial charge in [0.1, 0.15) is 23.1 Å². The molecule has 0 unspecified atom stereocenters. The van der Waals surface area contributed by atoms with Gasteiger partial charge in [0.15, 0.2) is 0 Å². The van der Waals surface area contributed by atoms with E-state index < -0.39 is 5.91 Å². The molecule has 2 rings (SSSR count). The Morgan fingerprint density at radius 1 is 1.15 bits per heavy atom. The molecular formula is C19H16Br2N2O3. The molecule has 0 atom stereocenters. The molecule has 0 bridgehead atoms. The van der Waals surface area contributed by atoms with Gasteiger partial charge in [-0.25, -0.2) is 0 Å². The van der Waals surface area contributed by atoms with Crippen LogP contribution in [0.15, 0.2) is 50.9 Å². The Morgan fingerprint density at radius 3 is 2.27 bits per heavy atom. The van der Waals surface area contributed by atoms with Gasteiger partial charge in [-0.05, 0) is 73.3 Å². The maximum absolute atomic E-state index is 12.3. The normalized spacial score (nSPS) is 10.8. The van der Waals surface area contributed by atoms with Crippen LogP contribution in [0.2, 0.25) is 0 Å². The number of halogens is 2. The van der Waals surface area contributed by atoms with E-state index in [1.165, 1.54) is 6.08 Å². The number of nitrogens with one attached hydrogen (secondary N) is 1. The lowest BCUT2D eigenvalue weighted by molar-refractivity contribution is -0.117. The fraction of sp³-hybridized carbons (Fsp3) is 0.158. The number of amides is 1. The van der Waals surface area contributed by atoms with E-state index in [0.717, 1.165) is 20.3 Å². The average Bonchev–Trinajstić information content (AvgIpc) is 2.64. The van der Waals surface area contributed by atoms with E-state index in [1.807, 2.05) is 30.3 Å². The van der Waals surface area contributed by atoms with Crippen molar-refractivity contribution in [3.05, 3.63) is 62.0 Å². The molecule has 7 heteroatoms. The summed E-state index contributed by atoms with van der Waals surface area (Å²) >= 11 is 6.80. The Balaban J connectivity index is 2.12. The first-order chi connectivity index (χ1) is 12.5. The van der Waals surface area contributed by atoms with Crippen molar-refractivity contribution >= 4 is 43.8 Å². The zero-order chi connectivity index (χ0) is 19.1. The predicted octanol–water partition coefficient (Wildman–Crippen LogP) is 4.45. The fourth-order valence-corrected chi connectivity index (χ4v) is 3.74. The Morgan fingerprint density at radius 2 is 1.77 bits per heavy atom. The summed E-state index contributed by atoms with van der Waals surface area (Å²) in [6.45, 7) is 0.317. The van der Waals surface area contributed by atoms with Crippen molar-refractivity contribution < 1.29 is 14.3 Å². The van der Waals surface area contributed by atoms with Crippen LogP contribution in [-0.4, -0.2) is 20.1 Å². The third-order valence-corrected chi connectivity index (χ3v) is 4.69. The number of benzene rings is 2. The number of hydrogen-bond donors (Lipinski definition) is 1. The molecule has 5 nitrogen and oxygen atoms in total. The van der Waals surface area contributed by atoms with E-state index in [9.17, 15) is 10.1 Å². The summed E-state index contributed by atoms with van der Waals surface area (Å²) < 4.78 is 11.8. The molecule has 134 valence electrons. The molecule has 0 aliphatic heterocycles. The van der Waals surface area contributed by atoms with E-state index in [2.05, 4.69) is 37.2 Å². The van der Waals surface area contributed by atoms with Crippen molar-refractivity contribution in [1.29, 1.82) is 5.26 Å². The van der Waals surface area contributed by atoms with Crippen molar-refractivity contribution in [2.24, 2.45) is 0 Å². The first kappa shape index (κ1) is 20.0. The minimum absolute atomic E-state index is 0.0162. The Hall–Kier alpha value is -2.30. The fourth-order valence-electron chi connectivity index (χ4n) is 2.19. The van der Waals surface area contributed by atoms with Crippen LogP contribution in [0.5, 0.6) is 11.5 Å². The molecule has 0 saturated carbocycles. The number of nitriles is 1. The van der Waals surface area contributed by atoms with Crippen LogP contribution in [-0.2, 0) is 11.3 Å². The lowest BCUT2D eigenvalue weighted by Crippen LogP contribution is -2.23. The molecule has 0 heterocycles. The summed E-state index contributed by atoms with van der Waals surface area (Å²) in [6, 6.07) is 12.8. The van der Waals surface area contributed by atoms with Crippen LogP contribution >= 0.6 is 31.9 Å². The average molecular weight is 480 g/mol. The summed E-state index contributed by atoms with van der Waals surface area (Å²) in [6.07, 6.45) is 1.53. The molecule has 0 aliphatic rings. The summed E-state index contributed by atoms with van der Waals surface area (Å²) in [5.74, 6) is 0.948. The molecule has 0 fully saturated rings. The van der Waals surface area contributed by atoms with Crippen LogP contribution < -0.4 is 14.8 Å². The summed E-state index contributed by atoms with van der Waals surface area (Å²) in [7, 11) is 3.16. The number of carbonyl (C=O) groups excluding carboxylic acids is 1. The van der Waals surface area contributed by atoms with Gasteiger partial charge >= 0.3 is 0 Å². The van der Waals surface area contributed by atoms with Crippen molar-refractivity contribution in [3.8, 4) is 17.6 Å². The minimum atomic E-state index is -0.439. The van der Waals surface area contributed by atoms with Crippen molar-refractivity contribution in [3.63, 3.8) is 0 Å². The monoisotopic (exact) mass is 478 g/mol. The van der Waals surface area contributed by atoms with E-state index in [4.69, 9.17) is 9.47 Å². The van der Waals surface area contributed by atoms with Gasteiger partial charge in [-0.1, -0.05) is 12.1 Å². The second-order valence-corrected chi connectivity index (χ2v) is 6.93. The SMILES string of the molecule is COc1ccc(CNC(=O)/C(C#N)=C\c2cc(Br)c(OC)c(Br)c2)cc1. The van der Waals surface area contributed by atoms with Crippen LogP contribution in [0, 0.1) is 11.3 Å². The molecule has 0 aromatic heterocycles. The molecule has 2 aromatic rings. The zero-order valence-electron chi connectivity index (χ0n) is 14.2. The minimum Gasteiger partial charge on any atom is -0.497 e. The largest absolute Gasteiger partial charge is 0.497 e. The van der Waals surface area contributed by atoms with Gasteiger partial charge in [0.2, 0.25) is 0 Å². The quantitative estimate of drug-likeness (QED) is 0.490. The van der Waals surface area contributed by atoms with Gasteiger partial charge in [-0.15, -0.1) is 0 Å². The third-order valence-electron chi connectivity index (χ3n) is 3.51. The number of methoxy groups -OCH3 is 2. The second-order valence-electron chi connectivity index (χ2n) is 5.22. The summed E-state index contributed by atoms with van der Waals surface area (Å²) in [4.78, 5) is 12.3. The number of rotatable bonds is 6. The van der Waals surface area contributed by atoms with Crippen LogP contribution in [0.25, 0.3) is 6.08 Å². The number of nitrogens with zero attached hydrogens (tertiary/aromatic N) is 1. The standard InChI is InChI=1S/C19H16Br2N2O3/c1-25-15-5-3-12(4-6-15)11-23-19(24)14(10-22)7-13-8-16(20)18(26-2)17(21)9-13/h3-9H,11H2,1-2H3,(H,23,24)/b14-7-. The van der Waals surface area contributed by atoms with Crippen LogP contribution in [0.4, 0.5) is 0 Å². The molecular weight excluding hydrogens is 464 g/mol. The van der Waals surface area contributed by atoms with E-state index >= 15 is 0 Å². The molecule has 2 aromatic carbocycles. The maximum Gasteiger partial charge on any atom is 0.262 e. The highest BCUT2D eigenvalue weighted by molar-refractivity contribution is 9.11. The van der Waals surface area contributed by atoms with E-state index in [1.54, 1.807) is 26.4 Å². The molecule has 0 aliphatic carbocycles. The number of carbonyl (C=O) groups is 1. The molecule has 26 heavy (non-hydrogen) atoms. The summed E-state index contributed by atoms with van der Waals surface area (Å²) in [5.41, 5.74) is 1.62. The highest BCUT2D eigenvalue weighted by Crippen LogP contribution is 2.35. The highest BCUT2D eigenvalue weighted by atomic mass is 79.9. The highest BCUT2D eigenvalue weighted by Gasteiger charge is 2.11. The second kappa shape index (κ2) is 9.41. The Labute approximate surface area is 168 Å². The van der Waals surface area contributed by atoms with E-state index in [0.29, 0.717) is 17.9 Å². The third kappa shape index (κ3) is 5.10. The molecule has 0 spiro atoms. The predicted molar refractivity (Wildman–Crippen MR) is 107 cm³/mol. The Kier molecular flexibility index (Phi) is 7.25. The van der Waals surface area contributed by atoms with Gasteiger partial charge in [0, 0.05) is 6.54 Å². The van der Waals surface area contributed by atoms with Crippen LogP contribution in [0.1, 0.15) is 11.1 Å². The molecule has 0 saturated heterocycles. The van der Waals surface area contributed by atoms with Gasteiger partial charge in [-0.2, -0.15) is 5.26 Å². The molecule has 0 radical (unpaired) electrons. The van der Waals surface area contributed by atoms with Gasteiger partial charge < -0.3 is 14.8 Å².